The largest absolute Gasteiger partial charge is 0.290 e. The maximum Gasteiger partial charge on any atom is 0.198 e. The second-order valence-electron chi connectivity index (χ2n) is 7.64. The Morgan fingerprint density at radius 1 is 1.00 bits per heavy atom. The first-order chi connectivity index (χ1) is 14.4. The Labute approximate surface area is 181 Å². The Kier molecular flexibility index (Phi) is 6.17. The Morgan fingerprint density at radius 3 is 2.33 bits per heavy atom. The molecule has 7 nitrogen and oxygen atoms in total. The standard InChI is InChI=1S/C21H24ClN5O2S/c1-16-5-11-19(12-6-16)30(28,29)15-27-21(23-24-25-27)20(26-13-3-2-4-14-26)17-7-9-18(22)10-8-17/h5-12,20H,2-4,13-15H2,1H3/t20-/m1/s1. The number of hydrogen-bond acceptors (Lipinski definition) is 6. The highest BCUT2D eigenvalue weighted by atomic mass is 35.5. The molecular weight excluding hydrogens is 422 g/mol. The number of sulfone groups is 1. The third-order valence-electron chi connectivity index (χ3n) is 5.42. The molecule has 1 fully saturated rings. The molecule has 0 radical (unpaired) electrons. The van der Waals surface area contributed by atoms with Crippen LogP contribution < -0.4 is 0 Å². The monoisotopic (exact) mass is 445 g/mol. The minimum Gasteiger partial charge on any atom is -0.290 e. The van der Waals surface area contributed by atoms with Crippen LogP contribution in [0.25, 0.3) is 0 Å². The zero-order chi connectivity index (χ0) is 21.1. The molecule has 0 amide bonds. The zero-order valence-corrected chi connectivity index (χ0v) is 18.3. The average molecular weight is 446 g/mol. The van der Waals surface area contributed by atoms with E-state index < -0.39 is 9.84 Å². The third-order valence-corrected chi connectivity index (χ3v) is 7.24. The van der Waals surface area contributed by atoms with Crippen molar-refractivity contribution >= 4 is 21.4 Å². The Bertz CT molecular complexity index is 1090. The lowest BCUT2D eigenvalue weighted by atomic mass is 10.0. The van der Waals surface area contributed by atoms with Crippen molar-refractivity contribution in [1.29, 1.82) is 0 Å². The average Bonchev–Trinajstić information content (AvgIpc) is 3.18. The molecule has 0 saturated carbocycles. The second kappa shape index (κ2) is 8.83. The number of nitrogens with zero attached hydrogens (tertiary/aromatic N) is 5. The van der Waals surface area contributed by atoms with Crippen molar-refractivity contribution < 1.29 is 8.42 Å². The predicted octanol–water partition coefficient (Wildman–Crippen LogP) is 3.64. The highest BCUT2D eigenvalue weighted by Crippen LogP contribution is 2.31. The molecule has 2 heterocycles. The summed E-state index contributed by atoms with van der Waals surface area (Å²) in [4.78, 5) is 2.57. The van der Waals surface area contributed by atoms with Gasteiger partial charge in [0.1, 0.15) is 0 Å². The lowest BCUT2D eigenvalue weighted by Gasteiger charge is -2.34. The first kappa shape index (κ1) is 21.0. The van der Waals surface area contributed by atoms with Crippen molar-refractivity contribution in [3.8, 4) is 0 Å². The molecule has 30 heavy (non-hydrogen) atoms. The molecule has 1 aliphatic heterocycles. The lowest BCUT2D eigenvalue weighted by molar-refractivity contribution is 0.178. The van der Waals surface area contributed by atoms with Crippen LogP contribution in [-0.4, -0.2) is 46.6 Å². The van der Waals surface area contributed by atoms with Gasteiger partial charge in [0.15, 0.2) is 21.5 Å². The number of piperidine rings is 1. The van der Waals surface area contributed by atoms with Gasteiger partial charge in [-0.25, -0.2) is 13.1 Å². The van der Waals surface area contributed by atoms with Crippen LogP contribution in [0.1, 0.15) is 42.3 Å². The molecule has 0 N–H and O–H groups in total. The maximum atomic E-state index is 13.0. The van der Waals surface area contributed by atoms with Gasteiger partial charge >= 0.3 is 0 Å². The molecule has 3 aromatic rings. The molecule has 1 aromatic heterocycles. The fourth-order valence-electron chi connectivity index (χ4n) is 3.83. The minimum atomic E-state index is -3.59. The number of aryl methyl sites for hydroxylation is 1. The van der Waals surface area contributed by atoms with E-state index in [0.29, 0.717) is 10.8 Å². The van der Waals surface area contributed by atoms with Crippen molar-refractivity contribution in [3.63, 3.8) is 0 Å². The molecule has 1 atom stereocenters. The van der Waals surface area contributed by atoms with E-state index in [0.717, 1.165) is 37.1 Å². The highest BCUT2D eigenvalue weighted by molar-refractivity contribution is 7.90. The van der Waals surface area contributed by atoms with Gasteiger partial charge in [0, 0.05) is 5.02 Å². The number of rotatable bonds is 6. The van der Waals surface area contributed by atoms with Crippen molar-refractivity contribution in [3.05, 3.63) is 70.5 Å². The second-order valence-corrected chi connectivity index (χ2v) is 10.0. The van der Waals surface area contributed by atoms with E-state index in [1.54, 1.807) is 24.3 Å². The van der Waals surface area contributed by atoms with Crippen LogP contribution in [-0.2, 0) is 15.7 Å². The molecule has 0 spiro atoms. The van der Waals surface area contributed by atoms with Gasteiger partial charge in [0.05, 0.1) is 10.9 Å². The number of halogens is 1. The van der Waals surface area contributed by atoms with Crippen molar-refractivity contribution in [2.45, 2.75) is 43.0 Å². The van der Waals surface area contributed by atoms with E-state index in [2.05, 4.69) is 20.4 Å². The predicted molar refractivity (Wildman–Crippen MR) is 115 cm³/mol. The molecule has 0 unspecified atom stereocenters. The zero-order valence-electron chi connectivity index (χ0n) is 16.8. The fourth-order valence-corrected chi connectivity index (χ4v) is 5.16. The third kappa shape index (κ3) is 4.55. The molecule has 1 aliphatic rings. The number of likely N-dealkylation sites (tertiary alicyclic amines) is 1. The van der Waals surface area contributed by atoms with Gasteiger partial charge in [-0.05, 0) is 73.1 Å². The normalized spacial score (nSPS) is 16.5. The number of tetrazole rings is 1. The summed E-state index contributed by atoms with van der Waals surface area (Å²) in [5.74, 6) is 0.214. The van der Waals surface area contributed by atoms with Crippen LogP contribution in [0.3, 0.4) is 0 Å². The quantitative estimate of drug-likeness (QED) is 0.576. The van der Waals surface area contributed by atoms with Crippen LogP contribution in [0, 0.1) is 6.92 Å². The summed E-state index contributed by atoms with van der Waals surface area (Å²) in [6, 6.07) is 14.2. The van der Waals surface area contributed by atoms with Crippen LogP contribution in [0.4, 0.5) is 0 Å². The van der Waals surface area contributed by atoms with Gasteiger partial charge in [-0.1, -0.05) is 47.9 Å². The topological polar surface area (TPSA) is 81.0 Å². The van der Waals surface area contributed by atoms with E-state index in [-0.39, 0.29) is 16.8 Å². The molecule has 9 heteroatoms. The van der Waals surface area contributed by atoms with Gasteiger partial charge < -0.3 is 0 Å². The van der Waals surface area contributed by atoms with Crippen molar-refractivity contribution in [2.24, 2.45) is 0 Å². The number of benzene rings is 2. The van der Waals surface area contributed by atoms with Crippen molar-refractivity contribution in [2.75, 3.05) is 13.1 Å². The van der Waals surface area contributed by atoms with Crippen LogP contribution in [0.15, 0.2) is 53.4 Å². The Hall–Kier alpha value is -2.29. The molecule has 2 aromatic carbocycles. The van der Waals surface area contributed by atoms with E-state index in [1.807, 2.05) is 31.2 Å². The summed E-state index contributed by atoms with van der Waals surface area (Å²) in [5.41, 5.74) is 2.00. The first-order valence-electron chi connectivity index (χ1n) is 9.99. The van der Waals surface area contributed by atoms with Gasteiger partial charge in [0.2, 0.25) is 0 Å². The van der Waals surface area contributed by atoms with Crippen molar-refractivity contribution in [1.82, 2.24) is 25.1 Å². The summed E-state index contributed by atoms with van der Waals surface area (Å²) < 4.78 is 27.4. The first-order valence-corrected chi connectivity index (χ1v) is 12.0. The molecular formula is C21H24ClN5O2S. The Morgan fingerprint density at radius 2 is 1.67 bits per heavy atom. The molecule has 4 rings (SSSR count). The van der Waals surface area contributed by atoms with Gasteiger partial charge in [-0.3, -0.25) is 4.90 Å². The fraction of sp³-hybridized carbons (Fsp3) is 0.381. The highest BCUT2D eigenvalue weighted by Gasteiger charge is 2.30. The van der Waals surface area contributed by atoms with Gasteiger partial charge in [-0.2, -0.15) is 0 Å². The molecule has 0 aliphatic carbocycles. The van der Waals surface area contributed by atoms with Gasteiger partial charge in [-0.15, -0.1) is 5.10 Å². The summed E-state index contributed by atoms with van der Waals surface area (Å²) >= 11 is 6.09. The number of hydrogen-bond donors (Lipinski definition) is 0. The van der Waals surface area contributed by atoms with Crippen LogP contribution >= 0.6 is 11.6 Å². The number of aromatic nitrogens is 4. The lowest BCUT2D eigenvalue weighted by Crippen LogP contribution is -2.36. The van der Waals surface area contributed by atoms with E-state index >= 15 is 0 Å². The van der Waals surface area contributed by atoms with Crippen LogP contribution in [0.5, 0.6) is 0 Å². The summed E-state index contributed by atoms with van der Waals surface area (Å²) in [6.07, 6.45) is 3.37. The van der Waals surface area contributed by atoms with Gasteiger partial charge in [0.25, 0.3) is 0 Å². The summed E-state index contributed by atoms with van der Waals surface area (Å²) in [7, 11) is -3.59. The minimum absolute atomic E-state index is 0.231. The summed E-state index contributed by atoms with van der Waals surface area (Å²) in [5, 5.41) is 12.7. The summed E-state index contributed by atoms with van der Waals surface area (Å²) in [6.45, 7) is 3.74. The smallest absolute Gasteiger partial charge is 0.198 e. The SMILES string of the molecule is Cc1ccc(S(=O)(=O)Cn2nnnc2[C@@H](c2ccc(Cl)cc2)N2CCCCC2)cc1. The maximum absolute atomic E-state index is 13.0. The Balaban J connectivity index is 1.70. The van der Waals surface area contributed by atoms with E-state index in [1.165, 1.54) is 11.1 Å². The molecule has 1 saturated heterocycles. The van der Waals surface area contributed by atoms with E-state index in [9.17, 15) is 8.42 Å². The molecule has 158 valence electrons. The molecule has 0 bridgehead atoms. The van der Waals surface area contributed by atoms with E-state index in [4.69, 9.17) is 11.6 Å². The van der Waals surface area contributed by atoms with Crippen LogP contribution in [0.2, 0.25) is 5.02 Å².